The molecule has 21 heteroatoms. The molecule has 2 N–H and O–H groups in total. The van der Waals surface area contributed by atoms with Crippen LogP contribution in [0.1, 0.15) is 110 Å². The van der Waals surface area contributed by atoms with Crippen molar-refractivity contribution in [3.8, 4) is 17.9 Å². The molecule has 0 spiro atoms. The number of nitriles is 1. The van der Waals surface area contributed by atoms with Crippen LogP contribution in [0, 0.1) is 29.1 Å². The topological polar surface area (TPSA) is 190 Å². The number of thiol groups is 1. The van der Waals surface area contributed by atoms with Crippen LogP contribution in [-0.2, 0) is 19.1 Å². The van der Waals surface area contributed by atoms with Gasteiger partial charge < -0.3 is 19.7 Å². The molecule has 0 bridgehead atoms. The van der Waals surface area contributed by atoms with E-state index in [1.165, 1.54) is 21.6 Å². The number of hydrogen-bond acceptors (Lipinski definition) is 13. The lowest BCUT2D eigenvalue weighted by atomic mass is 9.85. The van der Waals surface area contributed by atoms with Crippen LogP contribution in [0.4, 0.5) is 24.7 Å². The molecule has 3 amide bonds. The van der Waals surface area contributed by atoms with Crippen LogP contribution in [0.5, 0.6) is 0 Å². The van der Waals surface area contributed by atoms with Crippen LogP contribution in [0.25, 0.3) is 16.6 Å². The number of anilines is 2. The number of piperidine rings is 1. The number of fused-ring (bicyclic) bond motifs is 2. The average molecular weight is 951 g/mol. The number of morpholine rings is 1. The van der Waals surface area contributed by atoms with Gasteiger partial charge in [0.05, 0.1) is 71.9 Å². The molecule has 0 radical (unpaired) electrons. The normalized spacial score (nSPS) is 24.6. The van der Waals surface area contributed by atoms with E-state index in [-0.39, 0.29) is 84.6 Å². The van der Waals surface area contributed by atoms with Crippen molar-refractivity contribution in [3.63, 3.8) is 0 Å². The van der Waals surface area contributed by atoms with Crippen molar-refractivity contribution in [2.45, 2.75) is 93.3 Å². The van der Waals surface area contributed by atoms with E-state index in [0.29, 0.717) is 63.6 Å². The highest BCUT2D eigenvalue weighted by molar-refractivity contribution is 7.81. The molecule has 5 aromatic rings. The molecule has 354 valence electrons. The molecule has 2 saturated heterocycles. The number of alkyl halides is 3. The van der Waals surface area contributed by atoms with Crippen LogP contribution < -0.4 is 15.5 Å². The number of para-hydroxylation sites is 1. The summed E-state index contributed by atoms with van der Waals surface area (Å²) >= 11 is 4.36. The third-order valence-electron chi connectivity index (χ3n) is 13.4. The summed E-state index contributed by atoms with van der Waals surface area (Å²) in [7, 11) is 0. The van der Waals surface area contributed by atoms with Gasteiger partial charge in [0.25, 0.3) is 12.3 Å². The first-order valence-corrected chi connectivity index (χ1v) is 23.4. The highest BCUT2D eigenvalue weighted by atomic mass is 32.1. The number of amides is 3. The van der Waals surface area contributed by atoms with Gasteiger partial charge >= 0.3 is 0 Å². The van der Waals surface area contributed by atoms with Gasteiger partial charge in [-0.3, -0.25) is 34.0 Å². The van der Waals surface area contributed by atoms with Gasteiger partial charge in [-0.25, -0.2) is 22.7 Å². The Morgan fingerprint density at radius 1 is 1.10 bits per heavy atom. The van der Waals surface area contributed by atoms with Crippen molar-refractivity contribution in [1.29, 1.82) is 5.26 Å². The third-order valence-corrected chi connectivity index (χ3v) is 13.8. The maximum atomic E-state index is 16.0. The lowest BCUT2D eigenvalue weighted by Crippen LogP contribution is -2.45. The Morgan fingerprint density at radius 2 is 1.93 bits per heavy atom. The first kappa shape index (κ1) is 45.4. The molecular formula is C47H49F3N12O5S. The maximum Gasteiger partial charge on any atom is 0.284 e. The SMILES string of the molecule is N#CCC1CN(c2ccn3ncc(C(=O)Nc4cn(C5CCC(CN6CC=C(OCC#Cc7cccc8c(C9CCC(=O)NC9=O)nn(C9CC9)c78)[C@](F)(S)C6)CC5)nc4C(F)F)c3n2)CCO1. The predicted molar refractivity (Wildman–Crippen MR) is 245 cm³/mol. The summed E-state index contributed by atoms with van der Waals surface area (Å²) in [5.74, 6) is 5.33. The van der Waals surface area contributed by atoms with Gasteiger partial charge in [-0.15, -0.1) is 12.6 Å². The number of rotatable bonds is 12. The zero-order chi connectivity index (χ0) is 47.1. The molecule has 2 saturated carbocycles. The first-order valence-electron chi connectivity index (χ1n) is 23.0. The molecule has 3 aliphatic heterocycles. The standard InChI is InChI=1S/C47H49F3N12O5S/c48-43(49)41-36(53-46(65)35-23-52-60-19-16-38(54-44(35)60)59-20-22-66-32(25-59)14-17-51)26-61(56-41)30-8-6-28(7-9-30)24-58-18-15-37(47(50,68)27-58)67-21-2-4-29-3-1-5-33-40(34-12-13-39(63)55-45(34)64)57-62(42(29)33)31-10-11-31/h1,3,5,15-16,19,23,26,28,30-32,34,43,68H,6-14,18,20-22,24-25,27H2,(H,53,65)(H,55,63,64)/t28?,30?,32?,34?,47-/m1/s1. The van der Waals surface area contributed by atoms with E-state index in [4.69, 9.17) is 19.8 Å². The highest BCUT2D eigenvalue weighted by Gasteiger charge is 2.39. The lowest BCUT2D eigenvalue weighted by molar-refractivity contribution is -0.134. The van der Waals surface area contributed by atoms with E-state index in [9.17, 15) is 23.2 Å². The molecule has 10 rings (SSSR count). The largest absolute Gasteiger partial charge is 0.481 e. The number of aromatic nitrogens is 7. The fraction of sp³-hybridized carbons (Fsp3) is 0.489. The van der Waals surface area contributed by atoms with Crippen LogP contribution in [0.2, 0.25) is 0 Å². The molecule has 3 atom stereocenters. The predicted octanol–water partition coefficient (Wildman–Crippen LogP) is 6.03. The Bertz CT molecular complexity index is 2900. The van der Waals surface area contributed by atoms with Crippen molar-refractivity contribution < 1.29 is 37.0 Å². The smallest absolute Gasteiger partial charge is 0.284 e. The summed E-state index contributed by atoms with van der Waals surface area (Å²) in [5.41, 5.74) is 1.93. The Labute approximate surface area is 394 Å². The molecule has 4 aromatic heterocycles. The zero-order valence-electron chi connectivity index (χ0n) is 37.0. The second-order valence-electron chi connectivity index (χ2n) is 18.1. The van der Waals surface area contributed by atoms with Gasteiger partial charge in [-0.05, 0) is 69.1 Å². The minimum absolute atomic E-state index is 0.0117. The van der Waals surface area contributed by atoms with Crippen molar-refractivity contribution in [2.75, 3.05) is 56.2 Å². The monoisotopic (exact) mass is 950 g/mol. The number of nitrogens with zero attached hydrogens (tertiary/aromatic N) is 10. The maximum absolute atomic E-state index is 16.0. The summed E-state index contributed by atoms with van der Waals surface area (Å²) < 4.78 is 61.2. The Morgan fingerprint density at radius 3 is 2.69 bits per heavy atom. The number of benzene rings is 1. The number of halogens is 3. The van der Waals surface area contributed by atoms with Gasteiger partial charge in [0.15, 0.2) is 11.3 Å². The summed E-state index contributed by atoms with van der Waals surface area (Å²) in [6.07, 6.45) is 8.64. The average Bonchev–Trinajstić information content (AvgIpc) is 3.74. The minimum atomic E-state index is -2.94. The fourth-order valence-electron chi connectivity index (χ4n) is 9.82. The van der Waals surface area contributed by atoms with Gasteiger partial charge in [0.2, 0.25) is 16.8 Å². The van der Waals surface area contributed by atoms with Gasteiger partial charge in [-0.1, -0.05) is 24.0 Å². The van der Waals surface area contributed by atoms with E-state index >= 15 is 4.39 Å². The molecule has 17 nitrogen and oxygen atoms in total. The Balaban J connectivity index is 0.737. The van der Waals surface area contributed by atoms with Crippen LogP contribution in [-0.4, -0.2) is 114 Å². The molecule has 2 unspecified atom stereocenters. The number of ether oxygens (including phenoxy) is 2. The van der Waals surface area contributed by atoms with Crippen molar-refractivity contribution in [2.24, 2.45) is 5.92 Å². The second kappa shape index (κ2) is 18.9. The molecule has 5 aliphatic rings. The fourth-order valence-corrected chi connectivity index (χ4v) is 10.2. The molecule has 2 aliphatic carbocycles. The summed E-state index contributed by atoms with van der Waals surface area (Å²) in [6.45, 7) is 2.44. The van der Waals surface area contributed by atoms with Crippen molar-refractivity contribution >= 4 is 58.4 Å². The summed E-state index contributed by atoms with van der Waals surface area (Å²) in [5, 5.41) is 26.3. The van der Waals surface area contributed by atoms with E-state index in [1.54, 1.807) is 18.3 Å². The van der Waals surface area contributed by atoms with E-state index < -0.39 is 28.9 Å². The number of nitrogens with one attached hydrogen (secondary N) is 2. The van der Waals surface area contributed by atoms with E-state index in [1.807, 2.05) is 32.7 Å². The van der Waals surface area contributed by atoms with Gasteiger partial charge in [0.1, 0.15) is 23.7 Å². The van der Waals surface area contributed by atoms with Crippen LogP contribution in [0.15, 0.2) is 54.7 Å². The van der Waals surface area contributed by atoms with E-state index in [2.05, 4.69) is 56.4 Å². The van der Waals surface area contributed by atoms with Crippen molar-refractivity contribution in [1.82, 2.24) is 44.4 Å². The Kier molecular flexibility index (Phi) is 12.6. The van der Waals surface area contributed by atoms with Gasteiger partial charge in [-0.2, -0.15) is 20.6 Å². The summed E-state index contributed by atoms with van der Waals surface area (Å²) in [6, 6.07) is 9.61. The number of hydrogen-bond donors (Lipinski definition) is 3. The highest BCUT2D eigenvalue weighted by Crippen LogP contribution is 2.41. The van der Waals surface area contributed by atoms with Crippen LogP contribution >= 0.6 is 12.6 Å². The molecular weight excluding hydrogens is 902 g/mol. The number of carbonyl (C=O) groups is 3. The number of carbonyl (C=O) groups excluding carboxylic acids is 3. The van der Waals surface area contributed by atoms with Crippen LogP contribution in [0.3, 0.4) is 0 Å². The minimum Gasteiger partial charge on any atom is -0.481 e. The van der Waals surface area contributed by atoms with E-state index in [0.717, 1.165) is 42.1 Å². The van der Waals surface area contributed by atoms with Crippen molar-refractivity contribution in [3.05, 3.63) is 77.2 Å². The molecule has 1 aromatic carbocycles. The quantitative estimate of drug-likeness (QED) is 0.0749. The molecule has 4 fully saturated rings. The first-order chi connectivity index (χ1) is 32.9. The van der Waals surface area contributed by atoms with Gasteiger partial charge in [0, 0.05) is 56.9 Å². The lowest BCUT2D eigenvalue weighted by Gasteiger charge is -2.37. The molecule has 7 heterocycles. The number of imide groups is 1. The third kappa shape index (κ3) is 9.39. The Hall–Kier alpha value is -6.42. The summed E-state index contributed by atoms with van der Waals surface area (Å²) in [4.78, 5) is 46.8. The second-order valence-corrected chi connectivity index (χ2v) is 18.8. The zero-order valence-corrected chi connectivity index (χ0v) is 37.9. The molecule has 68 heavy (non-hydrogen) atoms.